The predicted octanol–water partition coefficient (Wildman–Crippen LogP) is 4.88. The zero-order chi connectivity index (χ0) is 35.5. The van der Waals surface area contributed by atoms with Crippen molar-refractivity contribution in [2.75, 3.05) is 0 Å². The highest BCUT2D eigenvalue weighted by molar-refractivity contribution is 5.80. The first-order chi connectivity index (χ1) is 18.4. The Morgan fingerprint density at radius 1 is 1.11 bits per heavy atom. The Labute approximate surface area is 146 Å². The smallest absolute Gasteiger partial charge is 0.328 e. The molecule has 2 nitrogen and oxygen atoms in total. The minimum absolute atomic E-state index is 1.51. The average molecular weight is 276 g/mol. The topological polar surface area (TPSA) is 37.3 Å². The summed E-state index contributed by atoms with van der Waals surface area (Å²) >= 11 is 0. The largest absolute Gasteiger partial charge is 0.478 e. The van der Waals surface area contributed by atoms with E-state index < -0.39 is 100 Å². The highest BCUT2D eigenvalue weighted by atomic mass is 16.4. The molecular weight excluding hydrogens is 224 g/mol. The summed E-state index contributed by atoms with van der Waals surface area (Å²) in [6.45, 7) is -4.00. The molecule has 0 saturated heterocycles. The van der Waals surface area contributed by atoms with Gasteiger partial charge >= 0.3 is 5.97 Å². The SMILES string of the molecule is [2H]C(C(=O)O)=C([2H])C([2H])=C([2H])C([2H])=C([2H])C([2H])([2H])C([2H])([2H])C([2H])([2H])C([2H])([2H])C([2H])([2H])C([2H])([2H])C([2H])([2H])C([2H])([2H])C([2H])([2H])[2H]. The molecule has 0 bridgehead atoms. The van der Waals surface area contributed by atoms with E-state index in [1.807, 2.05) is 0 Å². The van der Waals surface area contributed by atoms with E-state index in [2.05, 4.69) is 0 Å². The molecule has 0 amide bonds. The summed E-state index contributed by atoms with van der Waals surface area (Å²) in [5, 5.41) is 8.75. The van der Waals surface area contributed by atoms with Crippen molar-refractivity contribution in [1.82, 2.24) is 0 Å². The number of aliphatic carboxylic acids is 1. The van der Waals surface area contributed by atoms with Crippen LogP contribution in [0.5, 0.6) is 0 Å². The second kappa shape index (κ2) is 13.8. The van der Waals surface area contributed by atoms with Gasteiger partial charge in [-0.1, -0.05) is 75.3 Å². The quantitative estimate of drug-likeness (QED) is 0.431. The van der Waals surface area contributed by atoms with Crippen LogP contribution < -0.4 is 0 Å². The van der Waals surface area contributed by atoms with Gasteiger partial charge < -0.3 is 5.11 Å². The molecule has 0 aromatic heterocycles. The second-order valence-electron chi connectivity index (χ2n) is 2.06. The zero-order valence-corrected chi connectivity index (χ0v) is 8.86. The van der Waals surface area contributed by atoms with Crippen molar-refractivity contribution >= 4 is 5.97 Å². The van der Waals surface area contributed by atoms with E-state index in [4.69, 9.17) is 39.4 Å². The number of hydrogen-bond acceptors (Lipinski definition) is 1. The Balaban J connectivity index is 7.38. The Morgan fingerprint density at radius 2 is 1.78 bits per heavy atom. The van der Waals surface area contributed by atoms with Crippen molar-refractivity contribution in [1.29, 1.82) is 0 Å². The Bertz CT molecular complexity index is 1200. The maximum Gasteiger partial charge on any atom is 0.328 e. The van der Waals surface area contributed by atoms with Crippen LogP contribution in [0.15, 0.2) is 36.3 Å². The highest BCUT2D eigenvalue weighted by Gasteiger charge is 1.88. The molecule has 1 N–H and O–H groups in total. The molecule has 0 unspecified atom stereocenters. The normalized spacial score (nSPS) is 42.8. The number of rotatable bonds is 11. The lowest BCUT2D eigenvalue weighted by Gasteiger charge is -1.98. The first-order valence-corrected chi connectivity index (χ1v) is 4.18. The molecular formula is C16H26O2. The van der Waals surface area contributed by atoms with Gasteiger partial charge in [-0.25, -0.2) is 4.79 Å². The van der Waals surface area contributed by atoms with E-state index in [9.17, 15) is 4.79 Å². The zero-order valence-electron chi connectivity index (χ0n) is 33.9. The van der Waals surface area contributed by atoms with Crippen LogP contribution in [-0.2, 0) is 4.79 Å². The molecule has 0 aromatic rings. The maximum atomic E-state index is 10.8. The van der Waals surface area contributed by atoms with Gasteiger partial charge in [0.2, 0.25) is 0 Å². The van der Waals surface area contributed by atoms with E-state index in [0.29, 0.717) is 0 Å². The maximum absolute atomic E-state index is 10.8. The van der Waals surface area contributed by atoms with Crippen molar-refractivity contribution < 1.29 is 44.2 Å². The lowest BCUT2D eigenvalue weighted by atomic mass is 10.1. The van der Waals surface area contributed by atoms with Crippen LogP contribution in [0.4, 0.5) is 0 Å². The molecule has 2 heteroatoms. The van der Waals surface area contributed by atoms with Crippen LogP contribution in [0.25, 0.3) is 0 Å². The van der Waals surface area contributed by atoms with Gasteiger partial charge in [-0.15, -0.1) is 0 Å². The standard InChI is InChI=1S/C16H26O2/c1-2-3-4-5-6-7-8-9-10-11-12-13-14-15-16(17)18/h10-15H,2-9H2,1H3,(H,17,18)/i1D3,2D2,3D2,4D2,5D2,6D2,7D2,8D2,9D2,10D,11D,12D,13D,14D,15D. The molecule has 0 heterocycles. The fraction of sp³-hybridized carbons (Fsp3) is 0.562. The van der Waals surface area contributed by atoms with Crippen LogP contribution in [0.2, 0.25) is 0 Å². The van der Waals surface area contributed by atoms with Gasteiger partial charge in [-0.3, -0.25) is 0 Å². The van der Waals surface area contributed by atoms with Gasteiger partial charge in [0.25, 0.3) is 0 Å². The molecule has 18 heavy (non-hydrogen) atoms. The lowest BCUT2D eigenvalue weighted by molar-refractivity contribution is -0.131. The first-order valence-electron chi connectivity index (χ1n) is 16.7. The molecule has 0 atom stereocenters. The summed E-state index contributed by atoms with van der Waals surface area (Å²) in [6.07, 6.45) is -36.5. The number of carboxylic acids is 1. The van der Waals surface area contributed by atoms with Crippen LogP contribution in [0.1, 0.15) is 92.1 Å². The Hall–Kier alpha value is -1.31. The minimum Gasteiger partial charge on any atom is -0.478 e. The molecule has 0 aliphatic carbocycles. The van der Waals surface area contributed by atoms with Crippen molar-refractivity contribution in [2.24, 2.45) is 0 Å². The third-order valence-electron chi connectivity index (χ3n) is 0.919. The third-order valence-corrected chi connectivity index (χ3v) is 0.919. The van der Waals surface area contributed by atoms with Crippen LogP contribution in [0, 0.1) is 0 Å². The summed E-state index contributed by atoms with van der Waals surface area (Å²) in [4.78, 5) is 10.8. The van der Waals surface area contributed by atoms with Gasteiger partial charge in [0, 0.05) is 32.1 Å². The molecule has 0 aromatic carbocycles. The molecule has 0 radical (unpaired) electrons. The summed E-state index contributed by atoms with van der Waals surface area (Å²) in [5.74, 6) is -2.06. The van der Waals surface area contributed by atoms with Crippen LogP contribution >= 0.6 is 0 Å². The number of carbonyl (C=O) groups is 1. The molecule has 0 aliphatic heterocycles. The van der Waals surface area contributed by atoms with Crippen molar-refractivity contribution in [3.8, 4) is 0 Å². The van der Waals surface area contributed by atoms with Gasteiger partial charge in [0.1, 0.15) is 0 Å². The van der Waals surface area contributed by atoms with Gasteiger partial charge in [0.15, 0.2) is 0 Å². The minimum atomic E-state index is -4.75. The van der Waals surface area contributed by atoms with Crippen molar-refractivity contribution in [3.05, 3.63) is 36.3 Å². The lowest BCUT2D eigenvalue weighted by Crippen LogP contribution is -1.84. The number of allylic oxidation sites excluding steroid dienone is 5. The first kappa shape index (κ1) is 2.48. The average Bonchev–Trinajstić information content (AvgIpc) is 2.83. The molecule has 0 aliphatic rings. The molecule has 102 valence electrons. The summed E-state index contributed by atoms with van der Waals surface area (Å²) in [5.41, 5.74) is 0. The monoisotopic (exact) mass is 275 g/mol. The van der Waals surface area contributed by atoms with Gasteiger partial charge in [0.05, 0.1) is 8.22 Å². The van der Waals surface area contributed by atoms with E-state index in [0.717, 1.165) is 0 Å². The Kier molecular flexibility index (Phi) is 1.90. The number of carboxylic acid groups (broad SMARTS) is 1. The summed E-state index contributed by atoms with van der Waals surface area (Å²) in [6, 6.07) is -10.1. The van der Waals surface area contributed by atoms with E-state index in [-0.39, 0.29) is 0 Å². The van der Waals surface area contributed by atoms with Crippen LogP contribution in [-0.4, -0.2) is 11.1 Å². The highest BCUT2D eigenvalue weighted by Crippen LogP contribution is 2.08. The fourth-order valence-electron chi connectivity index (χ4n) is 0.428. The van der Waals surface area contributed by atoms with E-state index in [1.54, 1.807) is 0 Å². The molecule has 0 saturated carbocycles. The van der Waals surface area contributed by atoms with E-state index >= 15 is 0 Å². The fourth-order valence-corrected chi connectivity index (χ4v) is 0.428. The van der Waals surface area contributed by atoms with Gasteiger partial charge in [-0.05, 0) is 12.7 Å². The van der Waals surface area contributed by atoms with Crippen molar-refractivity contribution in [2.45, 2.75) is 57.8 Å². The van der Waals surface area contributed by atoms with Crippen LogP contribution in [0.3, 0.4) is 0 Å². The molecule has 0 spiro atoms. The summed E-state index contributed by atoms with van der Waals surface area (Å²) in [7, 11) is 0. The molecule has 0 fully saturated rings. The second-order valence-corrected chi connectivity index (χ2v) is 2.06. The van der Waals surface area contributed by atoms with E-state index in [1.165, 1.54) is 0 Å². The van der Waals surface area contributed by atoms with Gasteiger partial charge in [-0.2, -0.15) is 0 Å². The summed E-state index contributed by atoms with van der Waals surface area (Å²) < 4.78 is 194. The van der Waals surface area contributed by atoms with Crippen molar-refractivity contribution in [3.63, 3.8) is 0 Å². The number of hydrogen-bond donors (Lipinski definition) is 1. The molecule has 0 rings (SSSR count). The Morgan fingerprint density at radius 3 is 2.50 bits per heavy atom. The third kappa shape index (κ3) is 14.7. The predicted molar refractivity (Wildman–Crippen MR) is 77.7 cm³/mol.